The maximum absolute atomic E-state index is 4.60. The van der Waals surface area contributed by atoms with E-state index in [0.29, 0.717) is 0 Å². The Labute approximate surface area is 121 Å². The van der Waals surface area contributed by atoms with Crippen molar-refractivity contribution in [1.29, 1.82) is 0 Å². The normalized spacial score (nSPS) is 11.2. The predicted octanol–water partition coefficient (Wildman–Crippen LogP) is 3.94. The molecule has 18 heavy (non-hydrogen) atoms. The molecule has 0 unspecified atom stereocenters. The van der Waals surface area contributed by atoms with Gasteiger partial charge in [0.25, 0.3) is 0 Å². The van der Waals surface area contributed by atoms with Crippen molar-refractivity contribution in [3.05, 3.63) is 36.5 Å². The second-order valence-corrected chi connectivity index (χ2v) is 6.70. The molecule has 0 saturated carbocycles. The summed E-state index contributed by atoms with van der Waals surface area (Å²) in [5.74, 6) is 1.03. The Morgan fingerprint density at radius 1 is 1.28 bits per heavy atom. The smallest absolute Gasteiger partial charge is 0.213 e. The molecule has 0 aliphatic carbocycles. The zero-order valence-electron chi connectivity index (χ0n) is 9.41. The summed E-state index contributed by atoms with van der Waals surface area (Å²) in [6, 6.07) is 10.2. The molecule has 0 fully saturated rings. The summed E-state index contributed by atoms with van der Waals surface area (Å²) in [4.78, 5) is 5.37. The van der Waals surface area contributed by atoms with E-state index in [2.05, 4.69) is 38.1 Å². The third-order valence-electron chi connectivity index (χ3n) is 2.44. The average molecular weight is 340 g/mol. The molecule has 0 saturated heterocycles. The maximum Gasteiger partial charge on any atom is 0.213 e. The number of rotatable bonds is 4. The molecule has 6 heteroatoms. The van der Waals surface area contributed by atoms with Gasteiger partial charge in [0.1, 0.15) is 0 Å². The first-order chi connectivity index (χ1) is 8.88. The van der Waals surface area contributed by atoms with E-state index in [-0.39, 0.29) is 0 Å². The third kappa shape index (κ3) is 2.32. The van der Waals surface area contributed by atoms with Crippen LogP contribution in [0.1, 0.15) is 0 Å². The largest absolute Gasteiger partial charge is 0.225 e. The summed E-state index contributed by atoms with van der Waals surface area (Å²) >= 11 is 6.82. The van der Waals surface area contributed by atoms with Gasteiger partial charge in [-0.25, -0.2) is 9.50 Å². The van der Waals surface area contributed by atoms with Crippen LogP contribution < -0.4 is 0 Å². The Hall–Kier alpha value is -0.850. The molecule has 2 aromatic heterocycles. The zero-order valence-corrected chi connectivity index (χ0v) is 12.6. The number of hydrogen-bond acceptors (Lipinski definition) is 4. The first kappa shape index (κ1) is 12.2. The standard InChI is InChI=1S/C12H10BrN3S2/c13-6-7-17-12-15-16-10(8-14-11(16)18-12)9-4-2-1-3-5-9/h1-5,8H,6-7H2. The Bertz CT molecular complexity index is 648. The number of imidazole rings is 1. The Balaban J connectivity index is 2.01. The zero-order chi connectivity index (χ0) is 12.4. The Kier molecular flexibility index (Phi) is 3.67. The lowest BCUT2D eigenvalue weighted by Crippen LogP contribution is -1.88. The summed E-state index contributed by atoms with van der Waals surface area (Å²) < 4.78 is 2.99. The van der Waals surface area contributed by atoms with E-state index in [4.69, 9.17) is 0 Å². The molecule has 0 N–H and O–H groups in total. The van der Waals surface area contributed by atoms with Crippen molar-refractivity contribution in [2.45, 2.75) is 4.34 Å². The molecule has 0 atom stereocenters. The van der Waals surface area contributed by atoms with Gasteiger partial charge in [0.2, 0.25) is 4.96 Å². The van der Waals surface area contributed by atoms with Crippen LogP contribution in [0.5, 0.6) is 0 Å². The van der Waals surface area contributed by atoms with Crippen LogP contribution in [0.4, 0.5) is 0 Å². The minimum atomic E-state index is 0.950. The molecule has 0 spiro atoms. The number of hydrogen-bond donors (Lipinski definition) is 0. The number of benzene rings is 1. The van der Waals surface area contributed by atoms with Crippen LogP contribution in [0.2, 0.25) is 0 Å². The molecule has 2 heterocycles. The highest BCUT2D eigenvalue weighted by atomic mass is 79.9. The van der Waals surface area contributed by atoms with Crippen molar-refractivity contribution in [1.82, 2.24) is 14.6 Å². The molecule has 3 nitrogen and oxygen atoms in total. The van der Waals surface area contributed by atoms with Gasteiger partial charge in [-0.3, -0.25) is 0 Å². The van der Waals surface area contributed by atoms with Crippen LogP contribution in [-0.2, 0) is 0 Å². The van der Waals surface area contributed by atoms with E-state index in [9.17, 15) is 0 Å². The number of fused-ring (bicyclic) bond motifs is 1. The highest BCUT2D eigenvalue weighted by Crippen LogP contribution is 2.28. The second kappa shape index (κ2) is 5.42. The van der Waals surface area contributed by atoms with Gasteiger partial charge >= 0.3 is 0 Å². The van der Waals surface area contributed by atoms with Crippen LogP contribution >= 0.6 is 39.0 Å². The minimum absolute atomic E-state index is 0.950. The molecule has 0 bridgehead atoms. The number of alkyl halides is 1. The quantitative estimate of drug-likeness (QED) is 0.532. The molecule has 0 amide bonds. The van der Waals surface area contributed by atoms with Crippen molar-refractivity contribution in [3.8, 4) is 11.3 Å². The number of aromatic nitrogens is 3. The van der Waals surface area contributed by atoms with Crippen LogP contribution in [0, 0.1) is 0 Å². The topological polar surface area (TPSA) is 30.2 Å². The second-order valence-electron chi connectivity index (χ2n) is 3.61. The van der Waals surface area contributed by atoms with Crippen molar-refractivity contribution < 1.29 is 0 Å². The molecule has 3 rings (SSSR count). The van der Waals surface area contributed by atoms with Gasteiger partial charge in [0.05, 0.1) is 11.9 Å². The summed E-state index contributed by atoms with van der Waals surface area (Å²) in [5.41, 5.74) is 2.19. The fourth-order valence-corrected chi connectivity index (χ4v) is 3.86. The van der Waals surface area contributed by atoms with Gasteiger partial charge in [-0.15, -0.1) is 5.10 Å². The van der Waals surface area contributed by atoms with Gasteiger partial charge < -0.3 is 0 Å². The van der Waals surface area contributed by atoms with Crippen molar-refractivity contribution in [3.63, 3.8) is 0 Å². The highest BCUT2D eigenvalue weighted by molar-refractivity contribution is 9.09. The highest BCUT2D eigenvalue weighted by Gasteiger charge is 2.11. The lowest BCUT2D eigenvalue weighted by Gasteiger charge is -1.97. The lowest BCUT2D eigenvalue weighted by molar-refractivity contribution is 0.922. The van der Waals surface area contributed by atoms with Crippen molar-refractivity contribution in [2.75, 3.05) is 11.1 Å². The molecule has 0 radical (unpaired) electrons. The first-order valence-electron chi connectivity index (χ1n) is 5.47. The maximum atomic E-state index is 4.60. The van der Waals surface area contributed by atoms with Gasteiger partial charge in [-0.05, 0) is 0 Å². The van der Waals surface area contributed by atoms with E-state index >= 15 is 0 Å². The van der Waals surface area contributed by atoms with Crippen LogP contribution in [0.3, 0.4) is 0 Å². The van der Waals surface area contributed by atoms with Crippen molar-refractivity contribution >= 4 is 44.0 Å². The van der Waals surface area contributed by atoms with E-state index in [1.165, 1.54) is 0 Å². The lowest BCUT2D eigenvalue weighted by atomic mass is 10.2. The molecule has 3 aromatic rings. The molecular formula is C12H10BrN3S2. The average Bonchev–Trinajstić information content (AvgIpc) is 2.96. The Morgan fingerprint density at radius 3 is 2.89 bits per heavy atom. The van der Waals surface area contributed by atoms with E-state index in [1.807, 2.05) is 28.9 Å². The number of thioether (sulfide) groups is 1. The monoisotopic (exact) mass is 339 g/mol. The Morgan fingerprint density at radius 2 is 2.11 bits per heavy atom. The fourth-order valence-electron chi connectivity index (χ4n) is 1.67. The fraction of sp³-hybridized carbons (Fsp3) is 0.167. The number of halogens is 1. The van der Waals surface area contributed by atoms with Crippen LogP contribution in [0.15, 0.2) is 40.9 Å². The summed E-state index contributed by atoms with van der Waals surface area (Å²) in [6.45, 7) is 0. The predicted molar refractivity (Wildman–Crippen MR) is 80.8 cm³/mol. The SMILES string of the molecule is BrCCSc1nn2c(-c3ccccc3)cnc2s1. The molecule has 0 aliphatic rings. The summed E-state index contributed by atoms with van der Waals surface area (Å²) in [6.07, 6.45) is 1.88. The minimum Gasteiger partial charge on any atom is -0.225 e. The summed E-state index contributed by atoms with van der Waals surface area (Å²) in [7, 11) is 0. The van der Waals surface area contributed by atoms with Gasteiger partial charge in [-0.2, -0.15) is 0 Å². The van der Waals surface area contributed by atoms with Crippen molar-refractivity contribution in [2.24, 2.45) is 0 Å². The molecular weight excluding hydrogens is 330 g/mol. The van der Waals surface area contributed by atoms with E-state index in [1.54, 1.807) is 23.1 Å². The first-order valence-corrected chi connectivity index (χ1v) is 8.39. The molecule has 1 aromatic carbocycles. The third-order valence-corrected chi connectivity index (χ3v) is 5.42. The van der Waals surface area contributed by atoms with Gasteiger partial charge in [0, 0.05) is 16.6 Å². The summed E-state index contributed by atoms with van der Waals surface area (Å²) in [5, 5.41) is 5.58. The van der Waals surface area contributed by atoms with Gasteiger partial charge in [0.15, 0.2) is 4.34 Å². The molecule has 0 aliphatic heterocycles. The van der Waals surface area contributed by atoms with Crippen LogP contribution in [0.25, 0.3) is 16.2 Å². The number of nitrogens with zero attached hydrogens (tertiary/aromatic N) is 3. The van der Waals surface area contributed by atoms with Crippen LogP contribution in [-0.4, -0.2) is 25.7 Å². The van der Waals surface area contributed by atoms with E-state index < -0.39 is 0 Å². The van der Waals surface area contributed by atoms with Gasteiger partial charge in [-0.1, -0.05) is 69.4 Å². The molecule has 92 valence electrons. The van der Waals surface area contributed by atoms with E-state index in [0.717, 1.165) is 31.6 Å².